The van der Waals surface area contributed by atoms with E-state index in [1.165, 1.54) is 0 Å². The number of carboxylic acids is 1. The summed E-state index contributed by atoms with van der Waals surface area (Å²) >= 11 is 1.60. The minimum Gasteiger partial charge on any atom is -0.475 e. The van der Waals surface area contributed by atoms with Crippen molar-refractivity contribution in [2.75, 3.05) is 18.4 Å². The Balaban J connectivity index is 0.000000318. The number of rotatable bonds is 4. The van der Waals surface area contributed by atoms with E-state index in [9.17, 15) is 18.4 Å². The molecule has 156 valence electrons. The lowest BCUT2D eigenvalue weighted by Crippen LogP contribution is -2.39. The first-order valence-electron chi connectivity index (χ1n) is 8.50. The molecular weight excluding hydrogens is 423 g/mol. The fourth-order valence-corrected chi connectivity index (χ4v) is 3.23. The maximum atomic E-state index is 10.6. The molecular formula is C17H14F3N7O2S. The van der Waals surface area contributed by atoms with E-state index in [1.54, 1.807) is 23.6 Å². The van der Waals surface area contributed by atoms with Crippen LogP contribution in [0.25, 0.3) is 11.0 Å². The highest BCUT2D eigenvalue weighted by molar-refractivity contribution is 7.11. The molecule has 1 fully saturated rings. The maximum Gasteiger partial charge on any atom is 0.490 e. The molecule has 3 aromatic rings. The first-order chi connectivity index (χ1) is 14.3. The van der Waals surface area contributed by atoms with Crippen LogP contribution in [-0.2, 0) is 11.3 Å². The minimum atomic E-state index is -5.08. The van der Waals surface area contributed by atoms with Gasteiger partial charge in [0.1, 0.15) is 21.9 Å². The van der Waals surface area contributed by atoms with E-state index in [0.717, 1.165) is 28.5 Å². The van der Waals surface area contributed by atoms with Gasteiger partial charge in [-0.25, -0.2) is 14.8 Å². The molecule has 0 unspecified atom stereocenters. The molecule has 4 heterocycles. The highest BCUT2D eigenvalue weighted by atomic mass is 32.1. The van der Waals surface area contributed by atoms with E-state index in [1.807, 2.05) is 12.1 Å². The van der Waals surface area contributed by atoms with Gasteiger partial charge in [-0.3, -0.25) is 0 Å². The number of aromatic nitrogens is 4. The van der Waals surface area contributed by atoms with Crippen molar-refractivity contribution in [2.24, 2.45) is 0 Å². The summed E-state index contributed by atoms with van der Waals surface area (Å²) in [6, 6.07) is 7.69. The molecule has 0 bridgehead atoms. The summed E-state index contributed by atoms with van der Waals surface area (Å²) in [5.74, 6) is -1.74. The zero-order valence-corrected chi connectivity index (χ0v) is 16.0. The van der Waals surface area contributed by atoms with Crippen LogP contribution < -0.4 is 10.6 Å². The average Bonchev–Trinajstić information content (AvgIpc) is 3.12. The number of pyridine rings is 2. The summed E-state index contributed by atoms with van der Waals surface area (Å²) in [6.07, 6.45) is -3.39. The number of hydrogen-bond donors (Lipinski definition) is 3. The van der Waals surface area contributed by atoms with Crippen molar-refractivity contribution in [2.45, 2.75) is 18.6 Å². The number of aliphatic carboxylic acids is 1. The van der Waals surface area contributed by atoms with Gasteiger partial charge in [-0.15, -0.1) is 10.2 Å². The number of nitriles is 1. The van der Waals surface area contributed by atoms with E-state index >= 15 is 0 Å². The van der Waals surface area contributed by atoms with Gasteiger partial charge >= 0.3 is 12.1 Å². The van der Waals surface area contributed by atoms with Gasteiger partial charge in [-0.05, 0) is 18.2 Å². The molecule has 0 amide bonds. The SMILES string of the molecule is N#Cc1cc2cccnc2nc1NCc1nnc(C2CNC2)s1.O=C(O)C(F)(F)F. The molecule has 9 nitrogen and oxygen atoms in total. The van der Waals surface area contributed by atoms with Crippen molar-refractivity contribution in [3.63, 3.8) is 0 Å². The summed E-state index contributed by atoms with van der Waals surface area (Å²) in [5, 5.41) is 34.1. The average molecular weight is 437 g/mol. The molecule has 3 aromatic heterocycles. The van der Waals surface area contributed by atoms with Crippen molar-refractivity contribution in [1.29, 1.82) is 5.26 Å². The maximum absolute atomic E-state index is 10.6. The van der Waals surface area contributed by atoms with Crippen molar-refractivity contribution in [3.05, 3.63) is 40.0 Å². The molecule has 0 saturated carbocycles. The van der Waals surface area contributed by atoms with Crippen LogP contribution in [0.15, 0.2) is 24.4 Å². The Morgan fingerprint density at radius 3 is 2.73 bits per heavy atom. The van der Waals surface area contributed by atoms with Crippen LogP contribution in [0.1, 0.15) is 21.5 Å². The minimum absolute atomic E-state index is 0.485. The number of nitrogens with zero attached hydrogens (tertiary/aromatic N) is 5. The molecule has 30 heavy (non-hydrogen) atoms. The normalized spacial score (nSPS) is 13.7. The summed E-state index contributed by atoms with van der Waals surface area (Å²) in [7, 11) is 0. The smallest absolute Gasteiger partial charge is 0.475 e. The van der Waals surface area contributed by atoms with Gasteiger partial charge in [0, 0.05) is 30.6 Å². The number of halogens is 3. The van der Waals surface area contributed by atoms with Crippen LogP contribution >= 0.6 is 11.3 Å². The molecule has 0 atom stereocenters. The predicted octanol–water partition coefficient (Wildman–Crippen LogP) is 2.29. The lowest BCUT2D eigenvalue weighted by molar-refractivity contribution is -0.192. The molecule has 1 saturated heterocycles. The highest BCUT2D eigenvalue weighted by Gasteiger charge is 2.38. The number of fused-ring (bicyclic) bond motifs is 1. The van der Waals surface area contributed by atoms with Gasteiger partial charge in [-0.2, -0.15) is 18.4 Å². The Kier molecular flexibility index (Phi) is 6.38. The van der Waals surface area contributed by atoms with Crippen molar-refractivity contribution in [3.8, 4) is 6.07 Å². The number of nitrogens with one attached hydrogen (secondary N) is 2. The fraction of sp³-hybridized carbons (Fsp3) is 0.294. The Labute approximate surface area is 171 Å². The first-order valence-corrected chi connectivity index (χ1v) is 9.32. The standard InChI is InChI=1S/C15H13N7S.C2HF3O2/c16-5-10-4-9-2-1-3-18-13(9)20-14(10)19-8-12-21-22-15(23-12)11-6-17-7-11;3-2(4,5)1(6)7/h1-4,11,17H,6-8H2,(H,18,19,20);(H,6,7). The third-order valence-electron chi connectivity index (χ3n) is 3.97. The first kappa shape index (κ1) is 21.3. The molecule has 13 heteroatoms. The number of carboxylic acid groups (broad SMARTS) is 1. The van der Waals surface area contributed by atoms with Gasteiger partial charge in [0.25, 0.3) is 0 Å². The van der Waals surface area contributed by atoms with E-state index in [-0.39, 0.29) is 0 Å². The Bertz CT molecular complexity index is 1090. The van der Waals surface area contributed by atoms with Crippen molar-refractivity contribution in [1.82, 2.24) is 25.5 Å². The third kappa shape index (κ3) is 5.16. The van der Waals surface area contributed by atoms with Crippen LogP contribution in [0.3, 0.4) is 0 Å². The Hall–Kier alpha value is -3.37. The lowest BCUT2D eigenvalue weighted by atomic mass is 10.1. The number of alkyl halides is 3. The molecule has 3 N–H and O–H groups in total. The lowest BCUT2D eigenvalue weighted by Gasteiger charge is -2.23. The van der Waals surface area contributed by atoms with Crippen LogP contribution in [-0.4, -0.2) is 50.5 Å². The predicted molar refractivity (Wildman–Crippen MR) is 101 cm³/mol. The summed E-state index contributed by atoms with van der Waals surface area (Å²) in [4.78, 5) is 17.6. The van der Waals surface area contributed by atoms with Gasteiger partial charge in [0.05, 0.1) is 12.1 Å². The quantitative estimate of drug-likeness (QED) is 0.561. The van der Waals surface area contributed by atoms with E-state index in [0.29, 0.717) is 29.5 Å². The van der Waals surface area contributed by atoms with Crippen LogP contribution in [0.4, 0.5) is 19.0 Å². The number of hydrogen-bond acceptors (Lipinski definition) is 9. The number of carbonyl (C=O) groups is 1. The second-order valence-electron chi connectivity index (χ2n) is 6.09. The Morgan fingerprint density at radius 1 is 1.40 bits per heavy atom. The number of anilines is 1. The molecule has 1 aliphatic heterocycles. The summed E-state index contributed by atoms with van der Waals surface area (Å²) < 4.78 is 31.7. The molecule has 1 aliphatic rings. The van der Waals surface area contributed by atoms with E-state index in [2.05, 4.69) is 36.9 Å². The topological polar surface area (TPSA) is 137 Å². The summed E-state index contributed by atoms with van der Waals surface area (Å²) in [5.41, 5.74) is 1.12. The largest absolute Gasteiger partial charge is 0.490 e. The second-order valence-corrected chi connectivity index (χ2v) is 7.19. The summed E-state index contributed by atoms with van der Waals surface area (Å²) in [6.45, 7) is 2.44. The van der Waals surface area contributed by atoms with Gasteiger partial charge < -0.3 is 15.7 Å². The van der Waals surface area contributed by atoms with Crippen molar-refractivity contribution >= 4 is 34.2 Å². The van der Waals surface area contributed by atoms with Gasteiger partial charge in [0.15, 0.2) is 5.65 Å². The molecule has 0 aromatic carbocycles. The third-order valence-corrected chi connectivity index (χ3v) is 5.06. The molecule has 0 spiro atoms. The van der Waals surface area contributed by atoms with Crippen LogP contribution in [0.5, 0.6) is 0 Å². The monoisotopic (exact) mass is 437 g/mol. The van der Waals surface area contributed by atoms with Crippen LogP contribution in [0.2, 0.25) is 0 Å². The van der Waals surface area contributed by atoms with Crippen LogP contribution in [0, 0.1) is 11.3 Å². The fourth-order valence-electron chi connectivity index (χ4n) is 2.35. The van der Waals surface area contributed by atoms with E-state index < -0.39 is 12.1 Å². The van der Waals surface area contributed by atoms with Gasteiger partial charge in [-0.1, -0.05) is 11.3 Å². The molecule has 0 radical (unpaired) electrons. The Morgan fingerprint density at radius 2 is 2.13 bits per heavy atom. The molecule has 4 rings (SSSR count). The molecule has 0 aliphatic carbocycles. The highest BCUT2D eigenvalue weighted by Crippen LogP contribution is 2.24. The van der Waals surface area contributed by atoms with Gasteiger partial charge in [0.2, 0.25) is 0 Å². The zero-order chi connectivity index (χ0) is 21.7. The zero-order valence-electron chi connectivity index (χ0n) is 15.1. The second kappa shape index (κ2) is 8.97. The van der Waals surface area contributed by atoms with E-state index in [4.69, 9.17) is 9.90 Å². The van der Waals surface area contributed by atoms with Crippen molar-refractivity contribution < 1.29 is 23.1 Å².